The van der Waals surface area contributed by atoms with E-state index < -0.39 is 0 Å². The Morgan fingerprint density at radius 1 is 0.941 bits per heavy atom. The fourth-order valence-electron chi connectivity index (χ4n) is 7.43. The van der Waals surface area contributed by atoms with Crippen molar-refractivity contribution in [2.75, 3.05) is 25.1 Å². The van der Waals surface area contributed by atoms with Gasteiger partial charge in [-0.05, 0) is 80.5 Å². The van der Waals surface area contributed by atoms with Crippen LogP contribution in [0.25, 0.3) is 0 Å². The number of carbonyl (C=O) groups excluding carboxylic acids is 3. The van der Waals surface area contributed by atoms with Crippen molar-refractivity contribution in [1.82, 2.24) is 4.90 Å². The van der Waals surface area contributed by atoms with Gasteiger partial charge in [0.2, 0.25) is 5.91 Å². The van der Waals surface area contributed by atoms with Crippen LogP contribution >= 0.6 is 0 Å². The summed E-state index contributed by atoms with van der Waals surface area (Å²) in [7, 11) is 1.61. The third-order valence-electron chi connectivity index (χ3n) is 8.53. The van der Waals surface area contributed by atoms with Gasteiger partial charge in [0.15, 0.2) is 0 Å². The maximum absolute atomic E-state index is 14.3. The fraction of sp³-hybridized carbons (Fsp3) is 0.464. The molecule has 7 rings (SSSR count). The Kier molecular flexibility index (Phi) is 5.01. The van der Waals surface area contributed by atoms with Crippen LogP contribution < -0.4 is 9.64 Å². The summed E-state index contributed by atoms with van der Waals surface area (Å²) in [6, 6.07) is 14.5. The molecule has 0 atom stereocenters. The average Bonchev–Trinajstić information content (AvgIpc) is 3.08. The number of hydrogen-bond acceptors (Lipinski definition) is 4. The standard InChI is InChI=1S/C28H30N2O4/c1-34-22-6-4-5-21(14-22)29(9-10-30-25(31)23-7-2-3-8-24(23)26(30)32)27(33)28-15-18-11-19(16-28)13-20(12-18)17-28/h2-8,14,18-20H,9-13,15-17H2,1H3. The van der Waals surface area contributed by atoms with Crippen molar-refractivity contribution in [3.05, 3.63) is 59.7 Å². The van der Waals surface area contributed by atoms with E-state index in [0.717, 1.165) is 24.9 Å². The Labute approximate surface area is 199 Å². The van der Waals surface area contributed by atoms with E-state index in [1.54, 1.807) is 31.4 Å². The highest BCUT2D eigenvalue weighted by atomic mass is 16.5. The van der Waals surface area contributed by atoms with Crippen LogP contribution in [0.2, 0.25) is 0 Å². The minimum atomic E-state index is -0.320. The van der Waals surface area contributed by atoms with Gasteiger partial charge in [-0.3, -0.25) is 19.3 Å². The Morgan fingerprint density at radius 2 is 1.53 bits per heavy atom. The van der Waals surface area contributed by atoms with E-state index >= 15 is 0 Å². The number of imide groups is 1. The van der Waals surface area contributed by atoms with Gasteiger partial charge in [0.1, 0.15) is 5.75 Å². The number of methoxy groups -OCH3 is 1. The Bertz CT molecular complexity index is 1100. The van der Waals surface area contributed by atoms with Crippen LogP contribution in [0.5, 0.6) is 5.75 Å². The highest BCUT2D eigenvalue weighted by Gasteiger charge is 2.55. The molecule has 0 spiro atoms. The fourth-order valence-corrected chi connectivity index (χ4v) is 7.43. The number of carbonyl (C=O) groups is 3. The van der Waals surface area contributed by atoms with Gasteiger partial charge in [-0.1, -0.05) is 18.2 Å². The summed E-state index contributed by atoms with van der Waals surface area (Å²) in [5.41, 5.74) is 1.32. The first-order valence-corrected chi connectivity index (χ1v) is 12.4. The molecule has 5 aliphatic rings. The molecule has 4 bridgehead atoms. The van der Waals surface area contributed by atoms with E-state index in [1.165, 1.54) is 24.2 Å². The summed E-state index contributed by atoms with van der Waals surface area (Å²) < 4.78 is 5.43. The number of anilines is 1. The molecule has 0 N–H and O–H groups in total. The van der Waals surface area contributed by atoms with E-state index in [1.807, 2.05) is 29.2 Å². The maximum Gasteiger partial charge on any atom is 0.261 e. The maximum atomic E-state index is 14.3. The van der Waals surface area contributed by atoms with Crippen molar-refractivity contribution >= 4 is 23.4 Å². The summed E-state index contributed by atoms with van der Waals surface area (Å²) in [5, 5.41) is 0. The Balaban J connectivity index is 1.30. The molecular formula is C28H30N2O4. The molecule has 4 aliphatic carbocycles. The first kappa shape index (κ1) is 21.4. The second-order valence-corrected chi connectivity index (χ2v) is 10.7. The summed E-state index contributed by atoms with van der Waals surface area (Å²) in [6.45, 7) is 0.445. The van der Waals surface area contributed by atoms with Gasteiger partial charge < -0.3 is 9.64 Å². The van der Waals surface area contributed by atoms with Crippen molar-refractivity contribution in [3.63, 3.8) is 0 Å². The lowest BCUT2D eigenvalue weighted by Crippen LogP contribution is -2.55. The molecule has 3 amide bonds. The SMILES string of the molecule is COc1cccc(N(CCN2C(=O)c3ccccc3C2=O)C(=O)C23CC4CC(CC(C4)C2)C3)c1. The highest BCUT2D eigenvalue weighted by Crippen LogP contribution is 2.60. The highest BCUT2D eigenvalue weighted by molar-refractivity contribution is 6.21. The van der Waals surface area contributed by atoms with Crippen molar-refractivity contribution < 1.29 is 19.1 Å². The van der Waals surface area contributed by atoms with Crippen molar-refractivity contribution in [2.24, 2.45) is 23.2 Å². The lowest BCUT2D eigenvalue weighted by atomic mass is 9.49. The first-order chi connectivity index (χ1) is 16.5. The summed E-state index contributed by atoms with van der Waals surface area (Å²) in [5.74, 6) is 2.22. The largest absolute Gasteiger partial charge is 0.497 e. The predicted molar refractivity (Wildman–Crippen MR) is 128 cm³/mol. The zero-order valence-electron chi connectivity index (χ0n) is 19.5. The lowest BCUT2D eigenvalue weighted by molar-refractivity contribution is -0.143. The molecule has 4 fully saturated rings. The lowest BCUT2D eigenvalue weighted by Gasteiger charge is -2.56. The molecule has 2 aromatic rings. The molecular weight excluding hydrogens is 428 g/mol. The van der Waals surface area contributed by atoms with Crippen LogP contribution in [-0.4, -0.2) is 42.8 Å². The minimum absolute atomic E-state index is 0.150. The van der Waals surface area contributed by atoms with Gasteiger partial charge in [-0.25, -0.2) is 0 Å². The van der Waals surface area contributed by atoms with Crippen molar-refractivity contribution in [2.45, 2.75) is 38.5 Å². The average molecular weight is 459 g/mol. The topological polar surface area (TPSA) is 66.9 Å². The van der Waals surface area contributed by atoms with Gasteiger partial charge in [-0.2, -0.15) is 0 Å². The van der Waals surface area contributed by atoms with Crippen LogP contribution in [0.15, 0.2) is 48.5 Å². The number of ether oxygens (including phenoxy) is 1. The van der Waals surface area contributed by atoms with E-state index in [9.17, 15) is 14.4 Å². The van der Waals surface area contributed by atoms with Crippen molar-refractivity contribution in [3.8, 4) is 5.75 Å². The molecule has 0 saturated heterocycles. The Hall–Kier alpha value is -3.15. The zero-order chi connectivity index (χ0) is 23.4. The molecule has 0 aromatic heterocycles. The number of nitrogens with zero attached hydrogens (tertiary/aromatic N) is 2. The molecule has 34 heavy (non-hydrogen) atoms. The number of amides is 3. The smallest absolute Gasteiger partial charge is 0.261 e. The van der Waals surface area contributed by atoms with Gasteiger partial charge in [0.05, 0.1) is 23.7 Å². The van der Waals surface area contributed by atoms with Crippen LogP contribution in [0.1, 0.15) is 59.2 Å². The third-order valence-corrected chi connectivity index (χ3v) is 8.53. The summed E-state index contributed by atoms with van der Waals surface area (Å²) in [4.78, 5) is 43.2. The summed E-state index contributed by atoms with van der Waals surface area (Å²) >= 11 is 0. The quantitative estimate of drug-likeness (QED) is 0.596. The summed E-state index contributed by atoms with van der Waals surface area (Å²) in [6.07, 6.45) is 6.68. The van der Waals surface area contributed by atoms with E-state index in [2.05, 4.69) is 0 Å². The molecule has 0 unspecified atom stereocenters. The van der Waals surface area contributed by atoms with E-state index in [0.29, 0.717) is 34.6 Å². The normalized spacial score (nSPS) is 28.9. The van der Waals surface area contributed by atoms with E-state index in [-0.39, 0.29) is 36.2 Å². The van der Waals surface area contributed by atoms with Crippen LogP contribution in [0.4, 0.5) is 5.69 Å². The predicted octanol–water partition coefficient (Wildman–Crippen LogP) is 4.54. The second-order valence-electron chi connectivity index (χ2n) is 10.7. The monoisotopic (exact) mass is 458 g/mol. The molecule has 2 aromatic carbocycles. The molecule has 6 nitrogen and oxygen atoms in total. The molecule has 6 heteroatoms. The first-order valence-electron chi connectivity index (χ1n) is 12.4. The molecule has 1 aliphatic heterocycles. The van der Waals surface area contributed by atoms with Gasteiger partial charge in [0.25, 0.3) is 11.8 Å². The number of rotatable bonds is 6. The third kappa shape index (κ3) is 3.34. The van der Waals surface area contributed by atoms with Crippen LogP contribution in [0.3, 0.4) is 0 Å². The zero-order valence-corrected chi connectivity index (χ0v) is 19.5. The minimum Gasteiger partial charge on any atom is -0.497 e. The Morgan fingerprint density at radius 3 is 2.09 bits per heavy atom. The van der Waals surface area contributed by atoms with Crippen LogP contribution in [-0.2, 0) is 4.79 Å². The number of hydrogen-bond donors (Lipinski definition) is 0. The molecule has 1 heterocycles. The van der Waals surface area contributed by atoms with Gasteiger partial charge in [0, 0.05) is 24.8 Å². The number of benzene rings is 2. The van der Waals surface area contributed by atoms with Gasteiger partial charge in [-0.15, -0.1) is 0 Å². The van der Waals surface area contributed by atoms with Gasteiger partial charge >= 0.3 is 0 Å². The second kappa shape index (κ2) is 7.97. The van der Waals surface area contributed by atoms with Crippen LogP contribution in [0, 0.1) is 23.2 Å². The van der Waals surface area contributed by atoms with Crippen molar-refractivity contribution in [1.29, 1.82) is 0 Å². The molecule has 0 radical (unpaired) electrons. The molecule has 176 valence electrons. The number of fused-ring (bicyclic) bond motifs is 1. The molecule has 4 saturated carbocycles. The van der Waals surface area contributed by atoms with E-state index in [4.69, 9.17) is 4.74 Å².